The van der Waals surface area contributed by atoms with Gasteiger partial charge in [-0.05, 0) is 42.5 Å². The van der Waals surface area contributed by atoms with E-state index in [-0.39, 0.29) is 35.5 Å². The van der Waals surface area contributed by atoms with Crippen molar-refractivity contribution < 1.29 is 32.6 Å². The lowest BCUT2D eigenvalue weighted by atomic mass is 10.0. The fourth-order valence-electron chi connectivity index (χ4n) is 3.90. The van der Waals surface area contributed by atoms with Crippen LogP contribution in [0.2, 0.25) is 0 Å². The van der Waals surface area contributed by atoms with Crippen molar-refractivity contribution in [2.45, 2.75) is 6.54 Å². The molecule has 1 N–H and O–H groups in total. The molecule has 0 spiro atoms. The van der Waals surface area contributed by atoms with Crippen LogP contribution >= 0.6 is 0 Å². The van der Waals surface area contributed by atoms with Gasteiger partial charge in [-0.2, -0.15) is 0 Å². The molecule has 1 aliphatic heterocycles. The number of carbonyl (C=O) groups is 2. The molecule has 4 aromatic rings. The van der Waals surface area contributed by atoms with Gasteiger partial charge in [0.05, 0.1) is 23.6 Å². The quantitative estimate of drug-likeness (QED) is 0.411. The van der Waals surface area contributed by atoms with Crippen LogP contribution in [0, 0.1) is 11.6 Å². The average Bonchev–Trinajstić information content (AvgIpc) is 3.34. The number of nitrogens with zero attached hydrogens (tertiary/aromatic N) is 1. The lowest BCUT2D eigenvalue weighted by molar-refractivity contribution is -0.116. The number of nitrogens with one attached hydrogen (secondary N) is 1. The van der Waals surface area contributed by atoms with Crippen molar-refractivity contribution in [3.05, 3.63) is 93.8 Å². The number of ether oxygens (including phenoxy) is 3. The molecule has 0 saturated heterocycles. The molecule has 2 heterocycles. The molecule has 0 aliphatic carbocycles. The summed E-state index contributed by atoms with van der Waals surface area (Å²) in [6.45, 7) is -0.369. The molecule has 0 unspecified atom stereocenters. The van der Waals surface area contributed by atoms with Gasteiger partial charge in [0.1, 0.15) is 12.3 Å². The van der Waals surface area contributed by atoms with E-state index in [0.29, 0.717) is 22.8 Å². The summed E-state index contributed by atoms with van der Waals surface area (Å²) in [7, 11) is 1.49. The number of anilines is 1. The fourth-order valence-corrected chi connectivity index (χ4v) is 3.90. The van der Waals surface area contributed by atoms with Gasteiger partial charge in [0.2, 0.25) is 18.1 Å². The molecular formula is C26H18F2N2O6. The number of hydrogen-bond donors (Lipinski definition) is 1. The molecule has 0 saturated carbocycles. The molecule has 0 bridgehead atoms. The summed E-state index contributed by atoms with van der Waals surface area (Å²) < 4.78 is 44.1. The Morgan fingerprint density at radius 2 is 1.72 bits per heavy atom. The zero-order valence-corrected chi connectivity index (χ0v) is 18.8. The van der Waals surface area contributed by atoms with Crippen LogP contribution in [0.15, 0.2) is 65.6 Å². The number of methoxy groups -OCH3 is 1. The van der Waals surface area contributed by atoms with Crippen molar-refractivity contribution in [3.8, 4) is 17.2 Å². The maximum Gasteiger partial charge on any atom is 0.244 e. The van der Waals surface area contributed by atoms with Gasteiger partial charge >= 0.3 is 0 Å². The third kappa shape index (κ3) is 4.24. The molecule has 36 heavy (non-hydrogen) atoms. The minimum absolute atomic E-state index is 0.0336. The first-order valence-corrected chi connectivity index (χ1v) is 10.7. The molecule has 10 heteroatoms. The standard InChI is InChI=1S/C26H18F2N2O6/c1-34-16-5-2-14(3-6-16)25(32)18-11-30(12-24(31)29-15-4-7-19(27)20(28)8-15)21-10-23-22(35-13-36-23)9-17(21)26(18)33/h2-11H,12-13H2,1H3,(H,29,31). The number of fused-ring (bicyclic) bond motifs is 2. The first-order valence-electron chi connectivity index (χ1n) is 10.7. The summed E-state index contributed by atoms with van der Waals surface area (Å²) in [4.78, 5) is 39.4. The largest absolute Gasteiger partial charge is 0.497 e. The molecule has 182 valence electrons. The number of carbonyl (C=O) groups excluding carboxylic acids is 2. The van der Waals surface area contributed by atoms with E-state index in [0.717, 1.165) is 12.1 Å². The first-order chi connectivity index (χ1) is 17.3. The van der Waals surface area contributed by atoms with Crippen molar-refractivity contribution in [3.63, 3.8) is 0 Å². The molecule has 3 aromatic carbocycles. The monoisotopic (exact) mass is 492 g/mol. The molecule has 1 aliphatic rings. The Hall–Kier alpha value is -4.73. The van der Waals surface area contributed by atoms with Gasteiger partial charge in [-0.15, -0.1) is 0 Å². The van der Waals surface area contributed by atoms with E-state index in [1.54, 1.807) is 18.2 Å². The summed E-state index contributed by atoms with van der Waals surface area (Å²) in [5, 5.41) is 2.64. The van der Waals surface area contributed by atoms with Crippen LogP contribution in [0.25, 0.3) is 10.9 Å². The highest BCUT2D eigenvalue weighted by Gasteiger charge is 2.22. The Labute approximate surface area is 202 Å². The smallest absolute Gasteiger partial charge is 0.244 e. The van der Waals surface area contributed by atoms with Gasteiger partial charge in [0, 0.05) is 29.6 Å². The van der Waals surface area contributed by atoms with Gasteiger partial charge < -0.3 is 24.1 Å². The zero-order chi connectivity index (χ0) is 25.4. The molecular weight excluding hydrogens is 474 g/mol. The van der Waals surface area contributed by atoms with Crippen molar-refractivity contribution >= 4 is 28.3 Å². The van der Waals surface area contributed by atoms with E-state index in [9.17, 15) is 23.2 Å². The molecule has 5 rings (SSSR count). The second-order valence-corrected chi connectivity index (χ2v) is 7.96. The Balaban J connectivity index is 1.57. The molecule has 0 radical (unpaired) electrons. The SMILES string of the molecule is COc1ccc(C(=O)c2cn(CC(=O)Nc3ccc(F)c(F)c3)c3cc4c(cc3c2=O)OCO4)cc1. The van der Waals surface area contributed by atoms with Gasteiger partial charge in [-0.25, -0.2) is 8.78 Å². The Morgan fingerprint density at radius 1 is 1.00 bits per heavy atom. The average molecular weight is 492 g/mol. The normalized spacial score (nSPS) is 12.0. The summed E-state index contributed by atoms with van der Waals surface area (Å²) in [6, 6.07) is 12.2. The van der Waals surface area contributed by atoms with Crippen LogP contribution in [0.4, 0.5) is 14.5 Å². The third-order valence-electron chi connectivity index (χ3n) is 5.69. The van der Waals surface area contributed by atoms with Gasteiger partial charge in [0.25, 0.3) is 0 Å². The topological polar surface area (TPSA) is 95.9 Å². The Bertz CT molecular complexity index is 1580. The maximum absolute atomic E-state index is 13.5. The highest BCUT2D eigenvalue weighted by Crippen LogP contribution is 2.35. The van der Waals surface area contributed by atoms with Crippen LogP contribution in [-0.2, 0) is 11.3 Å². The summed E-state index contributed by atoms with van der Waals surface area (Å²) in [5.74, 6) is -2.02. The minimum Gasteiger partial charge on any atom is -0.497 e. The highest BCUT2D eigenvalue weighted by atomic mass is 19.2. The summed E-state index contributed by atoms with van der Waals surface area (Å²) in [5.41, 5.74) is -0.0632. The van der Waals surface area contributed by atoms with Gasteiger partial charge in [-0.1, -0.05) is 0 Å². The number of aromatic nitrogens is 1. The van der Waals surface area contributed by atoms with Crippen LogP contribution in [0.5, 0.6) is 17.2 Å². The van der Waals surface area contributed by atoms with Gasteiger partial charge in [0.15, 0.2) is 28.9 Å². The predicted octanol–water partition coefficient (Wildman–Crippen LogP) is 3.89. The van der Waals surface area contributed by atoms with Gasteiger partial charge in [-0.3, -0.25) is 14.4 Å². The van der Waals surface area contributed by atoms with E-state index in [2.05, 4.69) is 5.32 Å². The number of pyridine rings is 1. The second kappa shape index (κ2) is 9.14. The van der Waals surface area contributed by atoms with E-state index < -0.39 is 28.8 Å². The fraction of sp³-hybridized carbons (Fsp3) is 0.115. The summed E-state index contributed by atoms with van der Waals surface area (Å²) >= 11 is 0. The van der Waals surface area contributed by atoms with E-state index in [1.165, 1.54) is 42.1 Å². The van der Waals surface area contributed by atoms with E-state index >= 15 is 0 Å². The predicted molar refractivity (Wildman–Crippen MR) is 126 cm³/mol. The van der Waals surface area contributed by atoms with Crippen molar-refractivity contribution in [1.82, 2.24) is 4.57 Å². The van der Waals surface area contributed by atoms with Crippen LogP contribution in [0.1, 0.15) is 15.9 Å². The summed E-state index contributed by atoms with van der Waals surface area (Å²) in [6.07, 6.45) is 1.30. The number of ketones is 1. The zero-order valence-electron chi connectivity index (χ0n) is 18.8. The van der Waals surface area contributed by atoms with Crippen LogP contribution in [0.3, 0.4) is 0 Å². The van der Waals surface area contributed by atoms with Crippen molar-refractivity contribution in [2.24, 2.45) is 0 Å². The number of halogens is 2. The maximum atomic E-state index is 13.5. The van der Waals surface area contributed by atoms with E-state index in [1.807, 2.05) is 0 Å². The minimum atomic E-state index is -1.11. The van der Waals surface area contributed by atoms with Crippen molar-refractivity contribution in [1.29, 1.82) is 0 Å². The molecule has 8 nitrogen and oxygen atoms in total. The molecule has 0 atom stereocenters. The Kier molecular flexibility index (Phi) is 5.85. The number of rotatable bonds is 6. The van der Waals surface area contributed by atoms with Crippen LogP contribution in [-0.4, -0.2) is 30.2 Å². The first kappa shape index (κ1) is 23.0. The second-order valence-electron chi connectivity index (χ2n) is 7.96. The third-order valence-corrected chi connectivity index (χ3v) is 5.69. The van der Waals surface area contributed by atoms with Crippen LogP contribution < -0.4 is 25.0 Å². The van der Waals surface area contributed by atoms with Crippen molar-refractivity contribution in [2.75, 3.05) is 19.2 Å². The number of amides is 1. The Morgan fingerprint density at radius 3 is 2.42 bits per heavy atom. The lowest BCUT2D eigenvalue weighted by Gasteiger charge is -2.14. The lowest BCUT2D eigenvalue weighted by Crippen LogP contribution is -2.24. The highest BCUT2D eigenvalue weighted by molar-refractivity contribution is 6.10. The molecule has 1 amide bonds. The molecule has 0 fully saturated rings. The van der Waals surface area contributed by atoms with E-state index in [4.69, 9.17) is 14.2 Å². The number of hydrogen-bond acceptors (Lipinski definition) is 6. The molecule has 1 aromatic heterocycles. The number of benzene rings is 3.